The predicted molar refractivity (Wildman–Crippen MR) is 61.7 cm³/mol. The average Bonchev–Trinajstić information content (AvgIpc) is 2.76. The van der Waals surface area contributed by atoms with Crippen molar-refractivity contribution >= 4 is 15.9 Å². The molecule has 0 fully saturated rings. The molecule has 0 bridgehead atoms. The van der Waals surface area contributed by atoms with Crippen molar-refractivity contribution in [1.29, 1.82) is 0 Å². The average molecular weight is 267 g/mol. The van der Waals surface area contributed by atoms with Gasteiger partial charge in [-0.1, -0.05) is 46.3 Å². The van der Waals surface area contributed by atoms with E-state index in [4.69, 9.17) is 0 Å². The highest BCUT2D eigenvalue weighted by Crippen LogP contribution is 2.11. The minimum Gasteiger partial charge on any atom is -0.164 e. The van der Waals surface area contributed by atoms with Crippen LogP contribution in [0.3, 0.4) is 0 Å². The smallest absolute Gasteiger partial charge is 0.164 e. The fourth-order valence-electron chi connectivity index (χ4n) is 1.24. The molecule has 5 heteroatoms. The lowest BCUT2D eigenvalue weighted by Gasteiger charge is -1.94. The van der Waals surface area contributed by atoms with Gasteiger partial charge in [0, 0.05) is 10.9 Å². The molecule has 4 nitrogen and oxygen atoms in total. The third-order valence-corrected chi connectivity index (χ3v) is 2.54. The van der Waals surface area contributed by atoms with Gasteiger partial charge in [-0.2, -0.15) is 4.80 Å². The minimum absolute atomic E-state index is 0.685. The molecule has 0 saturated heterocycles. The number of alkyl halides is 1. The van der Waals surface area contributed by atoms with Crippen LogP contribution < -0.4 is 0 Å². The Morgan fingerprint density at radius 2 is 2.00 bits per heavy atom. The summed E-state index contributed by atoms with van der Waals surface area (Å²) in [6.07, 6.45) is 1.00. The number of aryl methyl sites for hydroxylation is 1. The standard InChI is InChI=1S/C10H11BrN4/c11-7-4-8-15-13-10(12-14-15)9-5-2-1-3-6-9/h1-3,5-6H,4,7-8H2. The molecule has 0 unspecified atom stereocenters. The van der Waals surface area contributed by atoms with Gasteiger partial charge in [0.15, 0.2) is 0 Å². The Bertz CT molecular complexity index is 412. The number of hydrogen-bond donors (Lipinski definition) is 0. The monoisotopic (exact) mass is 266 g/mol. The van der Waals surface area contributed by atoms with E-state index in [0.717, 1.165) is 23.9 Å². The molecule has 2 aromatic rings. The van der Waals surface area contributed by atoms with E-state index in [1.807, 2.05) is 30.3 Å². The lowest BCUT2D eigenvalue weighted by atomic mass is 10.2. The number of nitrogens with zero attached hydrogens (tertiary/aromatic N) is 4. The Kier molecular flexibility index (Phi) is 3.45. The molecular formula is C10H11BrN4. The number of benzene rings is 1. The molecular weight excluding hydrogens is 256 g/mol. The van der Waals surface area contributed by atoms with Gasteiger partial charge in [-0.25, -0.2) is 0 Å². The van der Waals surface area contributed by atoms with E-state index in [1.54, 1.807) is 4.80 Å². The maximum absolute atomic E-state index is 4.29. The van der Waals surface area contributed by atoms with Gasteiger partial charge < -0.3 is 0 Å². The Morgan fingerprint density at radius 1 is 1.20 bits per heavy atom. The summed E-state index contributed by atoms with van der Waals surface area (Å²) in [5.41, 5.74) is 1.00. The van der Waals surface area contributed by atoms with Crippen LogP contribution in [0.1, 0.15) is 6.42 Å². The van der Waals surface area contributed by atoms with E-state index in [1.165, 1.54) is 0 Å². The van der Waals surface area contributed by atoms with Crippen molar-refractivity contribution in [2.75, 3.05) is 5.33 Å². The number of halogens is 1. The van der Waals surface area contributed by atoms with Gasteiger partial charge in [-0.05, 0) is 11.6 Å². The van der Waals surface area contributed by atoms with Crippen molar-refractivity contribution in [3.8, 4) is 11.4 Å². The molecule has 0 aliphatic heterocycles. The first-order valence-corrected chi connectivity index (χ1v) is 5.91. The van der Waals surface area contributed by atoms with Crippen molar-refractivity contribution in [3.05, 3.63) is 30.3 Å². The van der Waals surface area contributed by atoms with Crippen molar-refractivity contribution in [1.82, 2.24) is 20.2 Å². The highest BCUT2D eigenvalue weighted by molar-refractivity contribution is 9.09. The summed E-state index contributed by atoms with van der Waals surface area (Å²) in [4.78, 5) is 1.63. The van der Waals surface area contributed by atoms with Crippen LogP contribution in [0.5, 0.6) is 0 Å². The topological polar surface area (TPSA) is 43.6 Å². The van der Waals surface area contributed by atoms with Gasteiger partial charge in [0.05, 0.1) is 6.54 Å². The van der Waals surface area contributed by atoms with Crippen molar-refractivity contribution in [2.24, 2.45) is 0 Å². The van der Waals surface area contributed by atoms with Crippen LogP contribution >= 0.6 is 15.9 Å². The molecule has 1 aromatic carbocycles. The molecule has 2 rings (SSSR count). The lowest BCUT2D eigenvalue weighted by molar-refractivity contribution is 0.518. The summed E-state index contributed by atoms with van der Waals surface area (Å²) in [6.45, 7) is 0.797. The Labute approximate surface area is 96.4 Å². The molecule has 15 heavy (non-hydrogen) atoms. The van der Waals surface area contributed by atoms with Crippen LogP contribution in [0, 0.1) is 0 Å². The highest BCUT2D eigenvalue weighted by Gasteiger charge is 2.03. The van der Waals surface area contributed by atoms with E-state index in [-0.39, 0.29) is 0 Å². The highest BCUT2D eigenvalue weighted by atomic mass is 79.9. The van der Waals surface area contributed by atoms with E-state index < -0.39 is 0 Å². The number of rotatable bonds is 4. The van der Waals surface area contributed by atoms with Gasteiger partial charge in [0.1, 0.15) is 0 Å². The molecule has 0 saturated carbocycles. The molecule has 0 aliphatic carbocycles. The molecule has 0 spiro atoms. The van der Waals surface area contributed by atoms with Gasteiger partial charge in [0.25, 0.3) is 0 Å². The third kappa shape index (κ3) is 2.62. The van der Waals surface area contributed by atoms with E-state index in [0.29, 0.717) is 5.82 Å². The van der Waals surface area contributed by atoms with Gasteiger partial charge in [-0.15, -0.1) is 10.2 Å². The second kappa shape index (κ2) is 5.02. The second-order valence-corrected chi connectivity index (χ2v) is 3.91. The Morgan fingerprint density at radius 3 is 2.73 bits per heavy atom. The maximum Gasteiger partial charge on any atom is 0.204 e. The van der Waals surface area contributed by atoms with Crippen LogP contribution in [0.2, 0.25) is 0 Å². The van der Waals surface area contributed by atoms with Crippen LogP contribution in [0.25, 0.3) is 11.4 Å². The molecule has 78 valence electrons. The SMILES string of the molecule is BrCCCn1nnc(-c2ccccc2)n1. The maximum atomic E-state index is 4.29. The zero-order chi connectivity index (χ0) is 10.5. The molecule has 0 aliphatic rings. The second-order valence-electron chi connectivity index (χ2n) is 3.12. The van der Waals surface area contributed by atoms with E-state index in [9.17, 15) is 0 Å². The van der Waals surface area contributed by atoms with Gasteiger partial charge in [0.2, 0.25) is 5.82 Å². The van der Waals surface area contributed by atoms with E-state index >= 15 is 0 Å². The molecule has 0 radical (unpaired) electrons. The first-order chi connectivity index (χ1) is 7.40. The van der Waals surface area contributed by atoms with Gasteiger partial charge in [-0.3, -0.25) is 0 Å². The summed E-state index contributed by atoms with van der Waals surface area (Å²) in [7, 11) is 0. The number of tetrazole rings is 1. The molecule has 1 heterocycles. The van der Waals surface area contributed by atoms with Crippen LogP contribution in [0.15, 0.2) is 30.3 Å². The lowest BCUT2D eigenvalue weighted by Crippen LogP contribution is -2.02. The minimum atomic E-state index is 0.685. The van der Waals surface area contributed by atoms with Crippen LogP contribution in [-0.2, 0) is 6.54 Å². The van der Waals surface area contributed by atoms with Crippen LogP contribution in [0.4, 0.5) is 0 Å². The fourth-order valence-corrected chi connectivity index (χ4v) is 1.49. The summed E-state index contributed by atoms with van der Waals surface area (Å²) in [5.74, 6) is 0.685. The Hall–Kier alpha value is -1.23. The first-order valence-electron chi connectivity index (χ1n) is 4.79. The van der Waals surface area contributed by atoms with Crippen LogP contribution in [-0.4, -0.2) is 25.5 Å². The van der Waals surface area contributed by atoms with Gasteiger partial charge >= 0.3 is 0 Å². The Balaban J connectivity index is 2.14. The zero-order valence-corrected chi connectivity index (χ0v) is 9.76. The summed E-state index contributed by atoms with van der Waals surface area (Å²) >= 11 is 3.37. The fraction of sp³-hybridized carbons (Fsp3) is 0.300. The number of hydrogen-bond acceptors (Lipinski definition) is 3. The van der Waals surface area contributed by atoms with Crippen molar-refractivity contribution in [3.63, 3.8) is 0 Å². The molecule has 1 aromatic heterocycles. The molecule has 0 amide bonds. The van der Waals surface area contributed by atoms with Crippen molar-refractivity contribution < 1.29 is 0 Å². The molecule has 0 atom stereocenters. The zero-order valence-electron chi connectivity index (χ0n) is 8.17. The quantitative estimate of drug-likeness (QED) is 0.797. The summed E-state index contributed by atoms with van der Waals surface area (Å²) in [5, 5.41) is 13.2. The summed E-state index contributed by atoms with van der Waals surface area (Å²) in [6, 6.07) is 9.86. The summed E-state index contributed by atoms with van der Waals surface area (Å²) < 4.78 is 0. The number of aromatic nitrogens is 4. The third-order valence-electron chi connectivity index (χ3n) is 1.98. The predicted octanol–water partition coefficient (Wildman–Crippen LogP) is 2.13. The van der Waals surface area contributed by atoms with Crippen molar-refractivity contribution in [2.45, 2.75) is 13.0 Å². The largest absolute Gasteiger partial charge is 0.204 e. The molecule has 0 N–H and O–H groups in total. The first kappa shape index (κ1) is 10.3. The van der Waals surface area contributed by atoms with E-state index in [2.05, 4.69) is 31.3 Å². The normalized spacial score (nSPS) is 10.5.